The normalized spacial score (nSPS) is 11.3. The topological polar surface area (TPSA) is 80.3 Å². The summed E-state index contributed by atoms with van der Waals surface area (Å²) in [5.41, 5.74) is 3.67. The fourth-order valence-corrected chi connectivity index (χ4v) is 4.14. The van der Waals surface area contributed by atoms with Crippen LogP contribution in [0.4, 0.5) is 0 Å². The number of para-hydroxylation sites is 1. The molecule has 4 aromatic rings. The van der Waals surface area contributed by atoms with Crippen molar-refractivity contribution >= 4 is 28.5 Å². The summed E-state index contributed by atoms with van der Waals surface area (Å²) in [6.07, 6.45) is 4.52. The third-order valence-electron chi connectivity index (χ3n) is 5.50. The van der Waals surface area contributed by atoms with Crippen LogP contribution in [0.2, 0.25) is 5.15 Å². The Kier molecular flexibility index (Phi) is 6.11. The fourth-order valence-electron chi connectivity index (χ4n) is 3.88. The summed E-state index contributed by atoms with van der Waals surface area (Å²) in [5.74, 6) is -0.0674. The number of imidazole rings is 1. The van der Waals surface area contributed by atoms with Crippen LogP contribution in [0.5, 0.6) is 0 Å². The molecule has 0 spiro atoms. The standard InChI is InChI=1S/C24H24ClN3O3/c1-2-3-8-22-26-23(25)21(15-29)28(22)13-16-9-11-17(12-10-16)27-14-19(24(30)31)18-6-4-5-7-20(18)27/h4-7,9-12,14,29H,2-3,8,13,15H2,1H3,(H,30,31). The van der Waals surface area contributed by atoms with Crippen LogP contribution in [-0.2, 0) is 19.6 Å². The molecule has 0 saturated heterocycles. The van der Waals surface area contributed by atoms with Crippen LogP contribution in [0.25, 0.3) is 16.6 Å². The van der Waals surface area contributed by atoms with Crippen LogP contribution < -0.4 is 0 Å². The van der Waals surface area contributed by atoms with Crippen molar-refractivity contribution in [1.29, 1.82) is 0 Å². The molecule has 160 valence electrons. The smallest absolute Gasteiger partial charge is 0.337 e. The number of rotatable bonds is 8. The highest BCUT2D eigenvalue weighted by molar-refractivity contribution is 6.30. The Labute approximate surface area is 185 Å². The highest BCUT2D eigenvalue weighted by Crippen LogP contribution is 2.26. The van der Waals surface area contributed by atoms with E-state index in [4.69, 9.17) is 11.6 Å². The summed E-state index contributed by atoms with van der Waals surface area (Å²) in [6.45, 7) is 2.52. The zero-order valence-electron chi connectivity index (χ0n) is 17.3. The van der Waals surface area contributed by atoms with E-state index < -0.39 is 5.97 Å². The Balaban J connectivity index is 1.66. The van der Waals surface area contributed by atoms with Crippen LogP contribution in [-0.4, -0.2) is 30.3 Å². The molecule has 0 aliphatic rings. The van der Waals surface area contributed by atoms with E-state index in [1.54, 1.807) is 6.20 Å². The molecule has 4 rings (SSSR count). The number of halogens is 1. The van der Waals surface area contributed by atoms with Gasteiger partial charge in [-0.25, -0.2) is 9.78 Å². The number of benzene rings is 2. The minimum Gasteiger partial charge on any atom is -0.478 e. The van der Waals surface area contributed by atoms with Crippen LogP contribution in [0, 0.1) is 0 Å². The van der Waals surface area contributed by atoms with Crippen LogP contribution in [0.15, 0.2) is 54.7 Å². The molecular formula is C24H24ClN3O3. The van der Waals surface area contributed by atoms with E-state index in [2.05, 4.69) is 11.9 Å². The van der Waals surface area contributed by atoms with Gasteiger partial charge in [0.05, 0.1) is 23.4 Å². The number of fused-ring (bicyclic) bond motifs is 1. The monoisotopic (exact) mass is 437 g/mol. The number of hydrogen-bond donors (Lipinski definition) is 2. The number of carbonyl (C=O) groups is 1. The molecule has 0 atom stereocenters. The minimum atomic E-state index is -0.945. The molecule has 7 heteroatoms. The molecule has 0 aliphatic heterocycles. The Morgan fingerprint density at radius 3 is 2.55 bits per heavy atom. The summed E-state index contributed by atoms with van der Waals surface area (Å²) in [7, 11) is 0. The highest BCUT2D eigenvalue weighted by atomic mass is 35.5. The molecule has 0 saturated carbocycles. The molecule has 0 amide bonds. The first-order chi connectivity index (χ1) is 15.0. The zero-order chi connectivity index (χ0) is 22.0. The lowest BCUT2D eigenvalue weighted by Crippen LogP contribution is -2.09. The van der Waals surface area contributed by atoms with E-state index in [0.29, 0.717) is 22.8 Å². The number of aryl methyl sites for hydroxylation is 1. The molecule has 0 bridgehead atoms. The Bertz CT molecular complexity index is 1230. The predicted octanol–water partition coefficient (Wildman–Crippen LogP) is 5.06. The average molecular weight is 438 g/mol. The summed E-state index contributed by atoms with van der Waals surface area (Å²) < 4.78 is 3.88. The Morgan fingerprint density at radius 1 is 1.13 bits per heavy atom. The van der Waals surface area contributed by atoms with Gasteiger partial charge in [0.2, 0.25) is 0 Å². The van der Waals surface area contributed by atoms with E-state index in [0.717, 1.165) is 41.9 Å². The minimum absolute atomic E-state index is 0.163. The number of aliphatic hydroxyl groups excluding tert-OH is 1. The summed E-state index contributed by atoms with van der Waals surface area (Å²) in [6, 6.07) is 15.4. The van der Waals surface area contributed by atoms with Crippen molar-refractivity contribution in [2.24, 2.45) is 0 Å². The van der Waals surface area contributed by atoms with Crippen molar-refractivity contribution in [3.05, 3.63) is 82.5 Å². The maximum absolute atomic E-state index is 11.6. The molecule has 0 unspecified atom stereocenters. The lowest BCUT2D eigenvalue weighted by atomic mass is 10.1. The van der Waals surface area contributed by atoms with Crippen molar-refractivity contribution in [3.63, 3.8) is 0 Å². The SMILES string of the molecule is CCCCc1nc(Cl)c(CO)n1Cc1ccc(-n2cc(C(=O)O)c3ccccc32)cc1. The first-order valence-electron chi connectivity index (χ1n) is 10.3. The van der Waals surface area contributed by atoms with Gasteiger partial charge in [0.25, 0.3) is 0 Å². The highest BCUT2D eigenvalue weighted by Gasteiger charge is 2.16. The van der Waals surface area contributed by atoms with Crippen molar-refractivity contribution in [2.75, 3.05) is 0 Å². The van der Waals surface area contributed by atoms with Crippen LogP contribution in [0.1, 0.15) is 47.2 Å². The van der Waals surface area contributed by atoms with E-state index in [1.807, 2.05) is 57.7 Å². The molecule has 0 radical (unpaired) electrons. The lowest BCUT2D eigenvalue weighted by Gasteiger charge is -2.12. The maximum atomic E-state index is 11.6. The number of aromatic nitrogens is 3. The number of carboxylic acid groups (broad SMARTS) is 1. The molecule has 31 heavy (non-hydrogen) atoms. The number of unbranched alkanes of at least 4 members (excludes halogenated alkanes) is 1. The Morgan fingerprint density at radius 2 is 1.87 bits per heavy atom. The second kappa shape index (κ2) is 8.96. The van der Waals surface area contributed by atoms with Gasteiger partial charge < -0.3 is 19.3 Å². The fraction of sp³-hybridized carbons (Fsp3) is 0.250. The maximum Gasteiger partial charge on any atom is 0.337 e. The second-order valence-electron chi connectivity index (χ2n) is 7.51. The lowest BCUT2D eigenvalue weighted by molar-refractivity contribution is 0.0699. The summed E-state index contributed by atoms with van der Waals surface area (Å²) in [5, 5.41) is 20.4. The second-order valence-corrected chi connectivity index (χ2v) is 7.87. The number of nitrogens with zero attached hydrogens (tertiary/aromatic N) is 3. The quantitative estimate of drug-likeness (QED) is 0.403. The van der Waals surface area contributed by atoms with E-state index >= 15 is 0 Å². The van der Waals surface area contributed by atoms with Crippen molar-refractivity contribution in [2.45, 2.75) is 39.3 Å². The van der Waals surface area contributed by atoms with Gasteiger partial charge in [-0.3, -0.25) is 0 Å². The number of aliphatic hydroxyl groups is 1. The molecule has 2 aromatic heterocycles. The average Bonchev–Trinajstić information content (AvgIpc) is 3.30. The molecule has 2 N–H and O–H groups in total. The van der Waals surface area contributed by atoms with E-state index in [-0.39, 0.29) is 12.2 Å². The van der Waals surface area contributed by atoms with Gasteiger partial charge in [0.15, 0.2) is 5.15 Å². The molecule has 2 aromatic carbocycles. The first-order valence-corrected chi connectivity index (χ1v) is 10.7. The number of aromatic carboxylic acids is 1. The summed E-state index contributed by atoms with van der Waals surface area (Å²) in [4.78, 5) is 16.1. The molecule has 6 nitrogen and oxygen atoms in total. The van der Waals surface area contributed by atoms with Crippen molar-refractivity contribution in [3.8, 4) is 5.69 Å². The molecular weight excluding hydrogens is 414 g/mol. The van der Waals surface area contributed by atoms with E-state index in [1.165, 1.54) is 0 Å². The predicted molar refractivity (Wildman–Crippen MR) is 121 cm³/mol. The van der Waals surface area contributed by atoms with Gasteiger partial charge in [-0.05, 0) is 30.2 Å². The number of hydrogen-bond acceptors (Lipinski definition) is 3. The van der Waals surface area contributed by atoms with Crippen LogP contribution in [0.3, 0.4) is 0 Å². The molecule has 2 heterocycles. The van der Waals surface area contributed by atoms with Crippen molar-refractivity contribution < 1.29 is 15.0 Å². The van der Waals surface area contributed by atoms with Crippen molar-refractivity contribution in [1.82, 2.24) is 14.1 Å². The molecule has 0 fully saturated rings. The zero-order valence-corrected chi connectivity index (χ0v) is 18.0. The van der Waals surface area contributed by atoms with Gasteiger partial charge >= 0.3 is 5.97 Å². The van der Waals surface area contributed by atoms with Gasteiger partial charge in [0, 0.05) is 30.2 Å². The van der Waals surface area contributed by atoms with E-state index in [9.17, 15) is 15.0 Å². The first kappa shape index (κ1) is 21.2. The Hall–Kier alpha value is -3.09. The third-order valence-corrected chi connectivity index (χ3v) is 5.81. The third kappa shape index (κ3) is 4.09. The largest absolute Gasteiger partial charge is 0.478 e. The molecule has 0 aliphatic carbocycles. The van der Waals surface area contributed by atoms with Gasteiger partial charge in [0.1, 0.15) is 5.82 Å². The van der Waals surface area contributed by atoms with Gasteiger partial charge in [-0.2, -0.15) is 0 Å². The summed E-state index contributed by atoms with van der Waals surface area (Å²) >= 11 is 6.24. The number of carboxylic acids is 1. The van der Waals surface area contributed by atoms with Gasteiger partial charge in [-0.1, -0.05) is 55.3 Å². The van der Waals surface area contributed by atoms with Gasteiger partial charge in [-0.15, -0.1) is 0 Å². The van der Waals surface area contributed by atoms with Crippen LogP contribution >= 0.6 is 11.6 Å².